The number of hydrogen-bond donors (Lipinski definition) is 2. The maximum atomic E-state index is 12.9. The van der Waals surface area contributed by atoms with E-state index in [-0.39, 0.29) is 34.1 Å². The number of anilines is 1. The largest absolute Gasteiger partial charge is 0.497 e. The Hall–Kier alpha value is -4.12. The molecule has 0 saturated carbocycles. The van der Waals surface area contributed by atoms with Crippen LogP contribution >= 0.6 is 0 Å². The number of carbonyl (C=O) groups excluding carboxylic acids is 1. The van der Waals surface area contributed by atoms with Crippen LogP contribution in [0.5, 0.6) is 11.5 Å². The lowest BCUT2D eigenvalue weighted by molar-refractivity contribution is -0.384. The number of non-ortho nitro benzene ring substituents is 1. The highest BCUT2D eigenvalue weighted by Gasteiger charge is 2.20. The van der Waals surface area contributed by atoms with Gasteiger partial charge in [0, 0.05) is 24.2 Å². The van der Waals surface area contributed by atoms with E-state index in [9.17, 15) is 23.3 Å². The molecule has 0 bridgehead atoms. The second-order valence-corrected chi connectivity index (χ2v) is 8.49. The first-order chi connectivity index (χ1) is 15.7. The molecule has 3 aromatic carbocycles. The number of nitrogens with zero attached hydrogens (tertiary/aromatic N) is 1. The van der Waals surface area contributed by atoms with Crippen LogP contribution in [0.25, 0.3) is 0 Å². The monoisotopic (exact) mass is 471 g/mol. The summed E-state index contributed by atoms with van der Waals surface area (Å²) in [5, 5.41) is 13.8. The molecule has 0 aliphatic heterocycles. The molecule has 0 atom stereocenters. The van der Waals surface area contributed by atoms with E-state index in [2.05, 4.69) is 10.0 Å². The molecule has 0 radical (unpaired) electrons. The minimum atomic E-state index is -4.17. The maximum Gasteiger partial charge on any atom is 0.271 e. The van der Waals surface area contributed by atoms with Crippen LogP contribution in [0, 0.1) is 10.1 Å². The number of ether oxygens (including phenoxy) is 2. The second-order valence-electron chi connectivity index (χ2n) is 6.81. The van der Waals surface area contributed by atoms with Gasteiger partial charge in [0.05, 0.1) is 29.7 Å². The van der Waals surface area contributed by atoms with Crippen molar-refractivity contribution in [3.63, 3.8) is 0 Å². The molecule has 3 rings (SSSR count). The van der Waals surface area contributed by atoms with Crippen molar-refractivity contribution in [3.05, 3.63) is 88.0 Å². The quantitative estimate of drug-likeness (QED) is 0.361. The smallest absolute Gasteiger partial charge is 0.271 e. The predicted octanol–water partition coefficient (Wildman–Crippen LogP) is 3.34. The first-order valence-corrected chi connectivity index (χ1v) is 11.1. The van der Waals surface area contributed by atoms with Gasteiger partial charge < -0.3 is 14.8 Å². The summed E-state index contributed by atoms with van der Waals surface area (Å²) in [5.74, 6) is 0.337. The van der Waals surface area contributed by atoms with E-state index in [1.54, 1.807) is 31.4 Å². The van der Waals surface area contributed by atoms with Crippen molar-refractivity contribution in [2.75, 3.05) is 18.9 Å². The zero-order chi connectivity index (χ0) is 24.0. The highest BCUT2D eigenvalue weighted by molar-refractivity contribution is 7.92. The van der Waals surface area contributed by atoms with E-state index >= 15 is 0 Å². The van der Waals surface area contributed by atoms with Gasteiger partial charge in [0.25, 0.3) is 21.6 Å². The van der Waals surface area contributed by atoms with Gasteiger partial charge in [-0.2, -0.15) is 0 Å². The van der Waals surface area contributed by atoms with Gasteiger partial charge in [-0.3, -0.25) is 19.6 Å². The first-order valence-electron chi connectivity index (χ1n) is 9.60. The van der Waals surface area contributed by atoms with Crippen molar-refractivity contribution >= 4 is 27.3 Å². The molecule has 0 heterocycles. The second kappa shape index (κ2) is 10.0. The van der Waals surface area contributed by atoms with Crippen LogP contribution in [0.3, 0.4) is 0 Å². The standard InChI is InChI=1S/C22H21N3O7S/c1-31-18-9-6-15(7-10-18)14-23-22(26)16-4-3-5-19(12-16)33(29,30)24-20-13-17(25(27)28)8-11-21(20)32-2/h3-13,24H,14H2,1-2H3,(H,23,26). The molecular formula is C22H21N3O7S. The van der Waals surface area contributed by atoms with Crippen LogP contribution in [0.2, 0.25) is 0 Å². The van der Waals surface area contributed by atoms with Crippen LogP contribution in [0.4, 0.5) is 11.4 Å². The van der Waals surface area contributed by atoms with E-state index in [0.29, 0.717) is 5.75 Å². The minimum absolute atomic E-state index is 0.0962. The molecule has 0 aliphatic carbocycles. The predicted molar refractivity (Wildman–Crippen MR) is 121 cm³/mol. The molecule has 0 fully saturated rings. The summed E-state index contributed by atoms with van der Waals surface area (Å²) >= 11 is 0. The summed E-state index contributed by atoms with van der Waals surface area (Å²) in [7, 11) is -1.30. The van der Waals surface area contributed by atoms with Gasteiger partial charge >= 0.3 is 0 Å². The van der Waals surface area contributed by atoms with Gasteiger partial charge in [0.1, 0.15) is 11.5 Å². The van der Waals surface area contributed by atoms with Gasteiger partial charge in [-0.15, -0.1) is 0 Å². The Morgan fingerprint density at radius 2 is 1.73 bits per heavy atom. The summed E-state index contributed by atoms with van der Waals surface area (Å²) in [4.78, 5) is 22.8. The van der Waals surface area contributed by atoms with Gasteiger partial charge in [-0.25, -0.2) is 8.42 Å². The van der Waals surface area contributed by atoms with Crippen molar-refractivity contribution in [1.29, 1.82) is 0 Å². The fourth-order valence-electron chi connectivity index (χ4n) is 2.93. The lowest BCUT2D eigenvalue weighted by Gasteiger charge is -2.12. The number of amides is 1. The summed E-state index contributed by atoms with van der Waals surface area (Å²) < 4.78 is 38.2. The molecule has 0 aliphatic rings. The molecule has 0 unspecified atom stereocenters. The first kappa shape index (κ1) is 23.5. The summed E-state index contributed by atoms with van der Waals surface area (Å²) in [6, 6.07) is 16.1. The van der Waals surface area contributed by atoms with E-state index in [0.717, 1.165) is 11.6 Å². The maximum absolute atomic E-state index is 12.9. The molecule has 33 heavy (non-hydrogen) atoms. The normalized spacial score (nSPS) is 10.8. The Morgan fingerprint density at radius 1 is 1.00 bits per heavy atom. The number of carbonyl (C=O) groups is 1. The van der Waals surface area contributed by atoms with Crippen LogP contribution in [0.1, 0.15) is 15.9 Å². The number of benzene rings is 3. The zero-order valence-corrected chi connectivity index (χ0v) is 18.6. The fraction of sp³-hybridized carbons (Fsp3) is 0.136. The van der Waals surface area contributed by atoms with Gasteiger partial charge in [-0.05, 0) is 42.0 Å². The van der Waals surface area contributed by atoms with Crippen molar-refractivity contribution in [1.82, 2.24) is 5.32 Å². The number of methoxy groups -OCH3 is 2. The molecular weight excluding hydrogens is 450 g/mol. The number of nitro groups is 1. The number of nitrogens with one attached hydrogen (secondary N) is 2. The van der Waals surface area contributed by atoms with Crippen LogP contribution < -0.4 is 19.5 Å². The highest BCUT2D eigenvalue weighted by atomic mass is 32.2. The van der Waals surface area contributed by atoms with E-state index in [1.165, 1.54) is 43.5 Å². The molecule has 11 heteroatoms. The summed E-state index contributed by atoms with van der Waals surface area (Å²) in [6.45, 7) is 0.239. The van der Waals surface area contributed by atoms with Crippen LogP contribution in [-0.2, 0) is 16.6 Å². The number of hydrogen-bond acceptors (Lipinski definition) is 7. The van der Waals surface area contributed by atoms with Crippen molar-refractivity contribution in [2.24, 2.45) is 0 Å². The van der Waals surface area contributed by atoms with Crippen molar-refractivity contribution in [3.8, 4) is 11.5 Å². The topological polar surface area (TPSA) is 137 Å². The lowest BCUT2D eigenvalue weighted by Crippen LogP contribution is -2.23. The molecule has 2 N–H and O–H groups in total. The lowest BCUT2D eigenvalue weighted by atomic mass is 10.2. The molecule has 0 aromatic heterocycles. The summed E-state index contributed by atoms with van der Waals surface area (Å²) in [6.07, 6.45) is 0. The Morgan fingerprint density at radius 3 is 2.36 bits per heavy atom. The Bertz CT molecular complexity index is 1280. The molecule has 10 nitrogen and oxygen atoms in total. The molecule has 0 spiro atoms. The highest BCUT2D eigenvalue weighted by Crippen LogP contribution is 2.31. The average Bonchev–Trinajstić information content (AvgIpc) is 2.82. The fourth-order valence-corrected chi connectivity index (χ4v) is 4.03. The van der Waals surface area contributed by atoms with Crippen molar-refractivity contribution < 1.29 is 27.6 Å². The third-order valence-electron chi connectivity index (χ3n) is 4.66. The van der Waals surface area contributed by atoms with Gasteiger partial charge in [0.2, 0.25) is 0 Å². The van der Waals surface area contributed by atoms with E-state index in [1.807, 2.05) is 0 Å². The Balaban J connectivity index is 1.78. The number of nitro benzene ring substituents is 1. The third-order valence-corrected chi connectivity index (χ3v) is 6.02. The van der Waals surface area contributed by atoms with Gasteiger partial charge in [0.15, 0.2) is 0 Å². The van der Waals surface area contributed by atoms with Crippen molar-refractivity contribution in [2.45, 2.75) is 11.4 Å². The summed E-state index contributed by atoms with van der Waals surface area (Å²) in [5.41, 5.74) is 0.575. The van der Waals surface area contributed by atoms with Crippen LogP contribution in [-0.4, -0.2) is 33.5 Å². The SMILES string of the molecule is COc1ccc(CNC(=O)c2cccc(S(=O)(=O)Nc3cc([N+](=O)[O-])ccc3OC)c2)cc1. The van der Waals surface area contributed by atoms with E-state index < -0.39 is 20.9 Å². The molecule has 0 saturated heterocycles. The number of sulfonamides is 1. The van der Waals surface area contributed by atoms with Crippen LogP contribution in [0.15, 0.2) is 71.6 Å². The van der Waals surface area contributed by atoms with E-state index in [4.69, 9.17) is 9.47 Å². The third kappa shape index (κ3) is 5.77. The molecule has 1 amide bonds. The molecule has 3 aromatic rings. The Kier molecular flexibility index (Phi) is 7.13. The average molecular weight is 471 g/mol. The van der Waals surface area contributed by atoms with Gasteiger partial charge in [-0.1, -0.05) is 18.2 Å². The minimum Gasteiger partial charge on any atom is -0.497 e. The number of rotatable bonds is 9. The molecule has 172 valence electrons. The zero-order valence-electron chi connectivity index (χ0n) is 17.8. The Labute approximate surface area is 190 Å².